The summed E-state index contributed by atoms with van der Waals surface area (Å²) < 4.78 is 5.63. The summed E-state index contributed by atoms with van der Waals surface area (Å²) >= 11 is 0. The molecule has 2 nitrogen and oxygen atoms in total. The van der Waals surface area contributed by atoms with Crippen LogP contribution in [-0.4, -0.2) is 6.54 Å². The van der Waals surface area contributed by atoms with Crippen molar-refractivity contribution < 1.29 is 4.42 Å². The molecule has 1 spiro atoms. The van der Waals surface area contributed by atoms with Crippen molar-refractivity contribution in [3.63, 3.8) is 0 Å². The van der Waals surface area contributed by atoms with Crippen molar-refractivity contribution in [2.75, 3.05) is 6.54 Å². The molecule has 0 aromatic carbocycles. The number of hydrogen-bond acceptors (Lipinski definition) is 2. The molecule has 1 aliphatic carbocycles. The topological polar surface area (TPSA) is 25.2 Å². The van der Waals surface area contributed by atoms with Gasteiger partial charge in [-0.3, -0.25) is 0 Å². The molecule has 2 heteroatoms. The molecule has 0 saturated heterocycles. The fourth-order valence-corrected chi connectivity index (χ4v) is 2.33. The third-order valence-electron chi connectivity index (χ3n) is 3.54. The summed E-state index contributed by atoms with van der Waals surface area (Å²) in [6, 6.07) is 2.11. The van der Waals surface area contributed by atoms with E-state index in [0.29, 0.717) is 5.41 Å². The quantitative estimate of drug-likeness (QED) is 0.657. The van der Waals surface area contributed by atoms with Gasteiger partial charge in [-0.1, -0.05) is 0 Å². The molecule has 1 saturated carbocycles. The minimum atomic E-state index is 0.0934. The molecule has 0 bridgehead atoms. The van der Waals surface area contributed by atoms with E-state index >= 15 is 0 Å². The first-order chi connectivity index (χ1) is 6.14. The predicted molar refractivity (Wildman–Crippen MR) is 50.6 cm³/mol. The molecule has 0 atom stereocenters. The number of furan rings is 1. The van der Waals surface area contributed by atoms with Crippen molar-refractivity contribution in [3.8, 4) is 0 Å². The van der Waals surface area contributed by atoms with Crippen LogP contribution in [0.3, 0.4) is 0 Å². The molecule has 0 amide bonds. The fraction of sp³-hybridized carbons (Fsp3) is 0.636. The lowest BCUT2D eigenvalue weighted by Crippen LogP contribution is -2.46. The summed E-state index contributed by atoms with van der Waals surface area (Å²) in [5.41, 5.74) is 1.82. The standard InChI is InChI=1S/C11H15NO/c1-10(2)8-3-6-13-9(8)11(4-5-11)7-12-10/h3,6,12H,4-5,7H2,1-2H3. The van der Waals surface area contributed by atoms with Crippen LogP contribution in [-0.2, 0) is 11.0 Å². The molecule has 70 valence electrons. The summed E-state index contributed by atoms with van der Waals surface area (Å²) in [7, 11) is 0. The van der Waals surface area contributed by atoms with Crippen LogP contribution in [0, 0.1) is 0 Å². The van der Waals surface area contributed by atoms with Crippen LogP contribution in [0.5, 0.6) is 0 Å². The second-order valence-electron chi connectivity index (χ2n) is 4.92. The van der Waals surface area contributed by atoms with Gasteiger partial charge in [0.15, 0.2) is 0 Å². The van der Waals surface area contributed by atoms with E-state index in [1.54, 1.807) is 0 Å². The van der Waals surface area contributed by atoms with E-state index in [9.17, 15) is 0 Å². The van der Waals surface area contributed by atoms with Gasteiger partial charge in [0, 0.05) is 23.1 Å². The van der Waals surface area contributed by atoms with Crippen molar-refractivity contribution in [2.24, 2.45) is 0 Å². The van der Waals surface area contributed by atoms with Crippen LogP contribution in [0.25, 0.3) is 0 Å². The molecule has 0 unspecified atom stereocenters. The Balaban J connectivity index is 2.17. The average molecular weight is 177 g/mol. The van der Waals surface area contributed by atoms with Crippen molar-refractivity contribution >= 4 is 0 Å². The highest BCUT2D eigenvalue weighted by Crippen LogP contribution is 2.53. The molecular formula is C11H15NO. The zero-order chi connectivity index (χ0) is 9.10. The second kappa shape index (κ2) is 2.01. The van der Waals surface area contributed by atoms with Gasteiger partial charge < -0.3 is 9.73 Å². The summed E-state index contributed by atoms with van der Waals surface area (Å²) in [5.74, 6) is 1.25. The maximum Gasteiger partial charge on any atom is 0.116 e. The number of rotatable bonds is 0. The highest BCUT2D eigenvalue weighted by atomic mass is 16.3. The van der Waals surface area contributed by atoms with E-state index in [-0.39, 0.29) is 5.54 Å². The van der Waals surface area contributed by atoms with Crippen LogP contribution in [0.15, 0.2) is 16.7 Å². The van der Waals surface area contributed by atoms with Crippen LogP contribution in [0.1, 0.15) is 38.0 Å². The molecule has 0 radical (unpaired) electrons. The first kappa shape index (κ1) is 7.63. The SMILES string of the molecule is CC1(C)NCC2(CC2)c2occc21. The summed E-state index contributed by atoms with van der Waals surface area (Å²) in [6.45, 7) is 5.52. The van der Waals surface area contributed by atoms with Gasteiger partial charge in [0.05, 0.1) is 6.26 Å². The summed E-state index contributed by atoms with van der Waals surface area (Å²) in [4.78, 5) is 0. The largest absolute Gasteiger partial charge is 0.468 e. The molecule has 2 heterocycles. The van der Waals surface area contributed by atoms with Gasteiger partial charge in [-0.2, -0.15) is 0 Å². The zero-order valence-corrected chi connectivity index (χ0v) is 8.18. The Morgan fingerprint density at radius 1 is 1.38 bits per heavy atom. The van der Waals surface area contributed by atoms with Gasteiger partial charge in [-0.05, 0) is 32.8 Å². The molecule has 1 aromatic rings. The third kappa shape index (κ3) is 0.869. The Labute approximate surface area is 78.3 Å². The maximum atomic E-state index is 5.63. The number of nitrogens with one attached hydrogen (secondary N) is 1. The Morgan fingerprint density at radius 3 is 2.85 bits per heavy atom. The normalized spacial score (nSPS) is 27.2. The molecule has 1 fully saturated rings. The minimum absolute atomic E-state index is 0.0934. The monoisotopic (exact) mass is 177 g/mol. The molecule has 2 aliphatic rings. The van der Waals surface area contributed by atoms with Crippen LogP contribution in [0.2, 0.25) is 0 Å². The van der Waals surface area contributed by atoms with Crippen LogP contribution < -0.4 is 5.32 Å². The fourth-order valence-electron chi connectivity index (χ4n) is 2.33. The molecular weight excluding hydrogens is 162 g/mol. The average Bonchev–Trinajstić information content (AvgIpc) is 2.66. The second-order valence-corrected chi connectivity index (χ2v) is 4.92. The summed E-state index contributed by atoms with van der Waals surface area (Å²) in [5, 5.41) is 3.59. The van der Waals surface area contributed by atoms with E-state index in [1.165, 1.54) is 24.2 Å². The Hall–Kier alpha value is -0.760. The highest BCUT2D eigenvalue weighted by molar-refractivity contribution is 5.38. The maximum absolute atomic E-state index is 5.63. The molecule has 3 rings (SSSR count). The zero-order valence-electron chi connectivity index (χ0n) is 8.18. The van der Waals surface area contributed by atoms with Crippen molar-refractivity contribution in [3.05, 3.63) is 23.7 Å². The van der Waals surface area contributed by atoms with Crippen LogP contribution >= 0.6 is 0 Å². The van der Waals surface area contributed by atoms with Gasteiger partial charge in [-0.15, -0.1) is 0 Å². The minimum Gasteiger partial charge on any atom is -0.468 e. The lowest BCUT2D eigenvalue weighted by Gasteiger charge is -2.35. The lowest BCUT2D eigenvalue weighted by molar-refractivity contribution is 0.306. The van der Waals surface area contributed by atoms with E-state index < -0.39 is 0 Å². The van der Waals surface area contributed by atoms with E-state index in [2.05, 4.69) is 25.2 Å². The van der Waals surface area contributed by atoms with Crippen molar-refractivity contribution in [2.45, 2.75) is 37.6 Å². The van der Waals surface area contributed by atoms with E-state index in [0.717, 1.165) is 6.54 Å². The smallest absolute Gasteiger partial charge is 0.116 e. The molecule has 1 N–H and O–H groups in total. The van der Waals surface area contributed by atoms with Gasteiger partial charge in [0.2, 0.25) is 0 Å². The Morgan fingerprint density at radius 2 is 2.15 bits per heavy atom. The Kier molecular flexibility index (Phi) is 1.18. The van der Waals surface area contributed by atoms with Gasteiger partial charge in [0.1, 0.15) is 5.76 Å². The molecule has 1 aromatic heterocycles. The highest BCUT2D eigenvalue weighted by Gasteiger charge is 2.53. The predicted octanol–water partition coefficient (Wildman–Crippen LogP) is 2.15. The van der Waals surface area contributed by atoms with Gasteiger partial charge >= 0.3 is 0 Å². The van der Waals surface area contributed by atoms with Crippen molar-refractivity contribution in [1.82, 2.24) is 5.32 Å². The molecule has 1 aliphatic heterocycles. The number of fused-ring (bicyclic) bond motifs is 2. The molecule has 13 heavy (non-hydrogen) atoms. The first-order valence-electron chi connectivity index (χ1n) is 4.98. The number of hydrogen-bond donors (Lipinski definition) is 1. The van der Waals surface area contributed by atoms with Crippen molar-refractivity contribution in [1.29, 1.82) is 0 Å². The van der Waals surface area contributed by atoms with E-state index in [4.69, 9.17) is 4.42 Å². The third-order valence-corrected chi connectivity index (χ3v) is 3.54. The van der Waals surface area contributed by atoms with Crippen LogP contribution in [0.4, 0.5) is 0 Å². The first-order valence-corrected chi connectivity index (χ1v) is 4.98. The van der Waals surface area contributed by atoms with E-state index in [1.807, 2.05) is 6.26 Å². The lowest BCUT2D eigenvalue weighted by atomic mass is 9.84. The summed E-state index contributed by atoms with van der Waals surface area (Å²) in [6.07, 6.45) is 4.41. The Bertz CT molecular complexity index is 326. The van der Waals surface area contributed by atoms with Gasteiger partial charge in [-0.25, -0.2) is 0 Å². The van der Waals surface area contributed by atoms with Gasteiger partial charge in [0.25, 0.3) is 0 Å².